The summed E-state index contributed by atoms with van der Waals surface area (Å²) in [5, 5.41) is 0. The van der Waals surface area contributed by atoms with Gasteiger partial charge in [0.1, 0.15) is 0 Å². The van der Waals surface area contributed by atoms with Gasteiger partial charge in [0.15, 0.2) is 20.1 Å². The molecule has 0 fully saturated rings. The van der Waals surface area contributed by atoms with E-state index in [1.807, 2.05) is 41.5 Å². The molecule has 3 heteroatoms. The van der Waals surface area contributed by atoms with Crippen LogP contribution >= 0.6 is 0 Å². The third kappa shape index (κ3) is 10.6. The Kier molecular flexibility index (Phi) is 21.0. The average molecular weight is 841 g/mol. The number of hydrogen-bond donors (Lipinski definition) is 0. The van der Waals surface area contributed by atoms with E-state index in [-0.39, 0.29) is 38.5 Å². The first kappa shape index (κ1) is 56.5. The largest absolute Gasteiger partial charge is 0.170 e. The molecule has 0 heterocycles. The molecule has 63 heavy (non-hydrogen) atoms. The fourth-order valence-electron chi connectivity index (χ4n) is 9.73. The molecule has 3 aliphatic carbocycles. The lowest BCUT2D eigenvalue weighted by Crippen LogP contribution is -2.32. The first-order valence-corrected chi connectivity index (χ1v) is 23.3. The molecular formula is C60H87B3. The van der Waals surface area contributed by atoms with Gasteiger partial charge in [-0.2, -0.15) is 0 Å². The van der Waals surface area contributed by atoms with Crippen molar-refractivity contribution < 1.29 is 0 Å². The summed E-state index contributed by atoms with van der Waals surface area (Å²) in [5.74, 6) is 0. The quantitative estimate of drug-likeness (QED) is 0.156. The lowest BCUT2D eigenvalue weighted by molar-refractivity contribution is 0.660. The highest BCUT2D eigenvalue weighted by atomic mass is 14.4. The van der Waals surface area contributed by atoms with E-state index < -0.39 is 0 Å². The maximum absolute atomic E-state index is 2.38. The topological polar surface area (TPSA) is 0 Å². The molecule has 0 radical (unpaired) electrons. The van der Waals surface area contributed by atoms with Crippen molar-refractivity contribution in [3.05, 3.63) is 161 Å². The SMILES string of the molecule is C.C.C.CB(C)c1ccc2c(c1)-c1ccccc1C2(C)C.CB(C)c1cccc2c1-c1ccccc1C2(C)C.CB(C)c1cccc2c1C(C)(C)c1ccccc1-2.CC.CC.CC. The summed E-state index contributed by atoms with van der Waals surface area (Å²) in [4.78, 5) is 0. The van der Waals surface area contributed by atoms with E-state index in [0.29, 0.717) is 20.1 Å². The van der Waals surface area contributed by atoms with Gasteiger partial charge >= 0.3 is 0 Å². The van der Waals surface area contributed by atoms with E-state index in [0.717, 1.165) is 0 Å². The van der Waals surface area contributed by atoms with Crippen LogP contribution in [0.3, 0.4) is 0 Å². The van der Waals surface area contributed by atoms with Crippen molar-refractivity contribution in [1.82, 2.24) is 0 Å². The fourth-order valence-corrected chi connectivity index (χ4v) is 9.73. The number of hydrogen-bond acceptors (Lipinski definition) is 0. The van der Waals surface area contributed by atoms with E-state index in [9.17, 15) is 0 Å². The molecule has 336 valence electrons. The predicted octanol–water partition coefficient (Wildman–Crippen LogP) is 16.8. The number of rotatable bonds is 3. The number of fused-ring (bicyclic) bond motifs is 9. The van der Waals surface area contributed by atoms with Crippen molar-refractivity contribution in [2.24, 2.45) is 0 Å². The first-order valence-electron chi connectivity index (χ1n) is 23.3. The normalized spacial score (nSPS) is 13.2. The molecule has 0 bridgehead atoms. The number of benzene rings is 6. The molecular weight excluding hydrogens is 753 g/mol. The Hall–Kier alpha value is -4.49. The van der Waals surface area contributed by atoms with Gasteiger partial charge in [0.2, 0.25) is 0 Å². The smallest absolute Gasteiger partial charge is 0.0819 e. The van der Waals surface area contributed by atoms with Crippen molar-refractivity contribution in [2.75, 3.05) is 0 Å². The van der Waals surface area contributed by atoms with Crippen LogP contribution in [0.1, 0.15) is 139 Å². The summed E-state index contributed by atoms with van der Waals surface area (Å²) in [5.41, 5.74) is 22.3. The van der Waals surface area contributed by atoms with Gasteiger partial charge in [0.25, 0.3) is 0 Å². The van der Waals surface area contributed by atoms with Gasteiger partial charge in [0, 0.05) is 16.2 Å². The highest BCUT2D eigenvalue weighted by Gasteiger charge is 2.39. The van der Waals surface area contributed by atoms with Crippen LogP contribution in [0.15, 0.2) is 127 Å². The molecule has 0 spiro atoms. The molecule has 0 aliphatic heterocycles. The monoisotopic (exact) mass is 841 g/mol. The van der Waals surface area contributed by atoms with Crippen LogP contribution < -0.4 is 16.4 Å². The summed E-state index contributed by atoms with van der Waals surface area (Å²) in [6.07, 6.45) is 0. The van der Waals surface area contributed by atoms with Crippen molar-refractivity contribution in [1.29, 1.82) is 0 Å². The molecule has 6 aromatic carbocycles. The molecule has 0 saturated carbocycles. The minimum Gasteiger partial charge on any atom is -0.0819 e. The summed E-state index contributed by atoms with van der Waals surface area (Å²) >= 11 is 0. The van der Waals surface area contributed by atoms with Gasteiger partial charge < -0.3 is 0 Å². The minimum absolute atomic E-state index is 0. The Morgan fingerprint density at radius 2 is 0.683 bits per heavy atom. The van der Waals surface area contributed by atoms with Gasteiger partial charge in [-0.15, -0.1) is 0 Å². The van der Waals surface area contributed by atoms with E-state index in [1.54, 1.807) is 0 Å². The van der Waals surface area contributed by atoms with Crippen LogP contribution in [0.4, 0.5) is 0 Å². The van der Waals surface area contributed by atoms with Gasteiger partial charge in [-0.25, -0.2) is 0 Å². The Labute approximate surface area is 391 Å². The predicted molar refractivity (Wildman–Crippen MR) is 298 cm³/mol. The molecule has 0 nitrogen and oxygen atoms in total. The maximum Gasteiger partial charge on any atom is 0.170 e. The minimum atomic E-state index is 0. The Morgan fingerprint density at radius 1 is 0.317 bits per heavy atom. The highest BCUT2D eigenvalue weighted by Crippen LogP contribution is 2.50. The van der Waals surface area contributed by atoms with E-state index >= 15 is 0 Å². The van der Waals surface area contributed by atoms with Crippen molar-refractivity contribution in [2.45, 2.75) is 163 Å². The second-order valence-electron chi connectivity index (χ2n) is 18.3. The van der Waals surface area contributed by atoms with E-state index in [4.69, 9.17) is 0 Å². The molecule has 0 aromatic heterocycles. The lowest BCUT2D eigenvalue weighted by atomic mass is 9.47. The third-order valence-electron chi connectivity index (χ3n) is 12.8. The van der Waals surface area contributed by atoms with Gasteiger partial charge in [-0.1, -0.05) is 290 Å². The molecule has 3 aliphatic rings. The van der Waals surface area contributed by atoms with Gasteiger partial charge in [-0.05, 0) is 66.8 Å². The molecule has 0 N–H and O–H groups in total. The van der Waals surface area contributed by atoms with Gasteiger partial charge in [0.05, 0.1) is 0 Å². The van der Waals surface area contributed by atoms with Crippen LogP contribution in [0, 0.1) is 0 Å². The van der Waals surface area contributed by atoms with Crippen LogP contribution in [0.2, 0.25) is 40.9 Å². The zero-order chi connectivity index (χ0) is 44.7. The van der Waals surface area contributed by atoms with Crippen LogP contribution in [-0.4, -0.2) is 20.1 Å². The Balaban J connectivity index is 0.000000435. The van der Waals surface area contributed by atoms with Crippen molar-refractivity contribution in [3.8, 4) is 33.4 Å². The molecule has 6 aromatic rings. The molecule has 0 saturated heterocycles. The maximum atomic E-state index is 2.38. The molecule has 0 amide bonds. The van der Waals surface area contributed by atoms with Crippen LogP contribution in [0.25, 0.3) is 33.4 Å². The second-order valence-corrected chi connectivity index (χ2v) is 18.3. The van der Waals surface area contributed by atoms with Gasteiger partial charge in [-0.3, -0.25) is 0 Å². The molecule has 0 unspecified atom stereocenters. The average Bonchev–Trinajstić information content (AvgIpc) is 3.76. The second kappa shape index (κ2) is 23.4. The summed E-state index contributed by atoms with van der Waals surface area (Å²) in [6, 6.07) is 47.1. The highest BCUT2D eigenvalue weighted by molar-refractivity contribution is 6.72. The lowest BCUT2D eigenvalue weighted by Gasteiger charge is -2.25. The van der Waals surface area contributed by atoms with Crippen molar-refractivity contribution in [3.63, 3.8) is 0 Å². The third-order valence-corrected chi connectivity index (χ3v) is 12.8. The Morgan fingerprint density at radius 3 is 1.19 bits per heavy atom. The molecule has 0 atom stereocenters. The summed E-state index contributed by atoms with van der Waals surface area (Å²) in [7, 11) is 0. The first-order chi connectivity index (χ1) is 28.6. The Bertz CT molecular complexity index is 2350. The van der Waals surface area contributed by atoms with E-state index in [2.05, 4.69) is 210 Å². The molecule has 9 rings (SSSR count). The zero-order valence-corrected chi connectivity index (χ0v) is 40.9. The fraction of sp³-hybridized carbons (Fsp3) is 0.400. The van der Waals surface area contributed by atoms with E-state index in [1.165, 1.54) is 83.1 Å². The van der Waals surface area contributed by atoms with Crippen LogP contribution in [0.5, 0.6) is 0 Å². The zero-order valence-electron chi connectivity index (χ0n) is 40.9. The summed E-state index contributed by atoms with van der Waals surface area (Å²) in [6.45, 7) is 41.4. The summed E-state index contributed by atoms with van der Waals surface area (Å²) < 4.78 is 0. The van der Waals surface area contributed by atoms with Crippen molar-refractivity contribution >= 4 is 36.5 Å². The van der Waals surface area contributed by atoms with Crippen LogP contribution in [-0.2, 0) is 16.2 Å². The standard InChI is InChI=1S/3C17H19B.3C2H6.3CH4/c1-17(2)14-10-6-5-8-12(14)13-9-7-11-15(16(13)17)18(3)4;1-17(2)13-9-6-5-8-12(13)16-14(17)10-7-11-15(16)18(3)4;1-17(2)15-8-6-5-7-13(15)14-11-12(18(3)4)9-10-16(14)17;3*1-2;;;/h3*5-11H,1-4H3;3*1-2H3;3*1H4.